The number of hydrogen-bond donors (Lipinski definition) is 2. The fraction of sp³-hybridized carbons (Fsp3) is 0.385. The van der Waals surface area contributed by atoms with Crippen LogP contribution in [0.15, 0.2) is 48.5 Å². The average Bonchev–Trinajstić information content (AvgIpc) is 3.39. The highest BCUT2D eigenvalue weighted by Crippen LogP contribution is 2.34. The third kappa shape index (κ3) is 4.08. The molecule has 0 aliphatic carbocycles. The van der Waals surface area contributed by atoms with Crippen LogP contribution in [0, 0.1) is 0 Å². The zero-order valence-electron chi connectivity index (χ0n) is 18.9. The van der Waals surface area contributed by atoms with Crippen LogP contribution in [0.25, 0.3) is 11.1 Å². The number of ether oxygens (including phenoxy) is 1. The van der Waals surface area contributed by atoms with Gasteiger partial charge in [0.1, 0.15) is 17.4 Å². The minimum absolute atomic E-state index is 0.272. The van der Waals surface area contributed by atoms with Gasteiger partial charge in [0.15, 0.2) is 0 Å². The Balaban J connectivity index is 1.42. The second-order valence-corrected chi connectivity index (χ2v) is 8.57. The Labute approximate surface area is 190 Å². The van der Waals surface area contributed by atoms with Crippen LogP contribution in [-0.2, 0) is 19.5 Å². The molecular weight excluding hydrogens is 398 g/mol. The molecule has 1 saturated heterocycles. The number of methoxy groups -OCH3 is 1. The average molecular weight is 430 g/mol. The van der Waals surface area contributed by atoms with Gasteiger partial charge in [-0.15, -0.1) is 0 Å². The van der Waals surface area contributed by atoms with E-state index in [9.17, 15) is 0 Å². The first-order chi connectivity index (χ1) is 15.8. The van der Waals surface area contributed by atoms with E-state index in [4.69, 9.17) is 14.7 Å². The number of aromatic nitrogens is 2. The van der Waals surface area contributed by atoms with Crippen LogP contribution in [0.5, 0.6) is 5.75 Å². The standard InChI is InChI=1S/C26H31N5O/c1-27-25-21-13-15-31(17-23(21)29-26(30-25)22-11-7-14-28-22)16-18-8-3-4-9-19(18)20-10-5-6-12-24(20)32-2/h3-6,8-10,12,22,28H,7,11,13-17H2,1-2H3,(H,27,29,30)/t22-/m0/s1. The van der Waals surface area contributed by atoms with Crippen molar-refractivity contribution in [3.05, 3.63) is 71.2 Å². The summed E-state index contributed by atoms with van der Waals surface area (Å²) >= 11 is 0. The molecule has 5 rings (SSSR count). The summed E-state index contributed by atoms with van der Waals surface area (Å²) in [6.45, 7) is 3.76. The molecule has 3 heterocycles. The Kier molecular flexibility index (Phi) is 6.06. The first kappa shape index (κ1) is 20.9. The minimum atomic E-state index is 0.272. The van der Waals surface area contributed by atoms with Gasteiger partial charge in [0.2, 0.25) is 0 Å². The molecule has 6 nitrogen and oxygen atoms in total. The Morgan fingerprint density at radius 3 is 2.69 bits per heavy atom. The summed E-state index contributed by atoms with van der Waals surface area (Å²) in [7, 11) is 3.70. The number of rotatable bonds is 6. The van der Waals surface area contributed by atoms with Gasteiger partial charge in [-0.25, -0.2) is 9.97 Å². The molecule has 2 N–H and O–H groups in total. The molecule has 1 atom stereocenters. The Morgan fingerprint density at radius 1 is 1.09 bits per heavy atom. The smallest absolute Gasteiger partial charge is 0.147 e. The van der Waals surface area contributed by atoms with Crippen molar-refractivity contribution in [1.29, 1.82) is 0 Å². The van der Waals surface area contributed by atoms with Gasteiger partial charge in [-0.05, 0) is 43.0 Å². The van der Waals surface area contributed by atoms with Crippen LogP contribution < -0.4 is 15.4 Å². The summed E-state index contributed by atoms with van der Waals surface area (Å²) in [5.41, 5.74) is 6.10. The highest BCUT2D eigenvalue weighted by molar-refractivity contribution is 5.73. The van der Waals surface area contributed by atoms with E-state index in [2.05, 4.69) is 51.9 Å². The van der Waals surface area contributed by atoms with Crippen LogP contribution in [0.4, 0.5) is 5.82 Å². The summed E-state index contributed by atoms with van der Waals surface area (Å²) in [6.07, 6.45) is 3.25. The summed E-state index contributed by atoms with van der Waals surface area (Å²) in [4.78, 5) is 12.4. The maximum absolute atomic E-state index is 5.64. The van der Waals surface area contributed by atoms with Crippen LogP contribution in [0.1, 0.15) is 41.5 Å². The van der Waals surface area contributed by atoms with Crippen molar-refractivity contribution in [1.82, 2.24) is 20.2 Å². The maximum Gasteiger partial charge on any atom is 0.147 e. The molecule has 0 amide bonds. The largest absolute Gasteiger partial charge is 0.496 e. The maximum atomic E-state index is 5.64. The van der Waals surface area contributed by atoms with Gasteiger partial charge in [-0.1, -0.05) is 42.5 Å². The second-order valence-electron chi connectivity index (χ2n) is 8.57. The molecule has 32 heavy (non-hydrogen) atoms. The van der Waals surface area contributed by atoms with Crippen molar-refractivity contribution < 1.29 is 4.74 Å². The fourth-order valence-corrected chi connectivity index (χ4v) is 4.94. The number of fused-ring (bicyclic) bond motifs is 1. The number of nitrogens with one attached hydrogen (secondary N) is 2. The van der Waals surface area contributed by atoms with E-state index >= 15 is 0 Å². The number of anilines is 1. The number of hydrogen-bond acceptors (Lipinski definition) is 6. The summed E-state index contributed by atoms with van der Waals surface area (Å²) in [5.74, 6) is 2.83. The van der Waals surface area contributed by atoms with Crippen molar-refractivity contribution >= 4 is 5.82 Å². The molecular formula is C26H31N5O. The molecule has 0 radical (unpaired) electrons. The van der Waals surface area contributed by atoms with E-state index in [1.54, 1.807) is 7.11 Å². The van der Waals surface area contributed by atoms with Crippen molar-refractivity contribution in [3.8, 4) is 16.9 Å². The third-order valence-electron chi connectivity index (χ3n) is 6.58. The van der Waals surface area contributed by atoms with Gasteiger partial charge in [0.05, 0.1) is 18.8 Å². The Hall–Kier alpha value is -2.96. The monoisotopic (exact) mass is 429 g/mol. The minimum Gasteiger partial charge on any atom is -0.496 e. The molecule has 0 unspecified atom stereocenters. The Morgan fingerprint density at radius 2 is 1.91 bits per heavy atom. The molecule has 0 bridgehead atoms. The SMILES string of the molecule is CNc1nc([C@@H]2CCCN2)nc2c1CCN(Cc1ccccc1-c1ccccc1OC)C2. The fourth-order valence-electron chi connectivity index (χ4n) is 4.94. The predicted octanol–water partition coefficient (Wildman–Crippen LogP) is 4.18. The van der Waals surface area contributed by atoms with Crippen LogP contribution in [-0.4, -0.2) is 42.1 Å². The first-order valence-electron chi connectivity index (χ1n) is 11.5. The third-order valence-corrected chi connectivity index (χ3v) is 6.58. The van der Waals surface area contributed by atoms with E-state index in [0.29, 0.717) is 0 Å². The van der Waals surface area contributed by atoms with Crippen molar-refractivity contribution in [2.45, 2.75) is 38.4 Å². The quantitative estimate of drug-likeness (QED) is 0.613. The number of benzene rings is 2. The van der Waals surface area contributed by atoms with E-state index < -0.39 is 0 Å². The highest BCUT2D eigenvalue weighted by Gasteiger charge is 2.26. The zero-order valence-corrected chi connectivity index (χ0v) is 18.9. The van der Waals surface area contributed by atoms with Crippen LogP contribution >= 0.6 is 0 Å². The van der Waals surface area contributed by atoms with Gasteiger partial charge < -0.3 is 15.4 Å². The molecule has 2 aliphatic rings. The lowest BCUT2D eigenvalue weighted by molar-refractivity contribution is 0.241. The summed E-state index contributed by atoms with van der Waals surface area (Å²) < 4.78 is 5.64. The van der Waals surface area contributed by atoms with Crippen molar-refractivity contribution in [2.24, 2.45) is 0 Å². The topological polar surface area (TPSA) is 62.3 Å². The van der Waals surface area contributed by atoms with Gasteiger partial charge in [0.25, 0.3) is 0 Å². The molecule has 1 aromatic heterocycles. The molecule has 1 fully saturated rings. The predicted molar refractivity (Wildman–Crippen MR) is 128 cm³/mol. The van der Waals surface area contributed by atoms with Crippen molar-refractivity contribution in [2.75, 3.05) is 32.6 Å². The molecule has 0 spiro atoms. The highest BCUT2D eigenvalue weighted by atomic mass is 16.5. The van der Waals surface area contributed by atoms with Crippen LogP contribution in [0.3, 0.4) is 0 Å². The van der Waals surface area contributed by atoms with Crippen LogP contribution in [0.2, 0.25) is 0 Å². The van der Waals surface area contributed by atoms with E-state index in [1.165, 1.54) is 23.1 Å². The molecule has 3 aromatic rings. The lowest BCUT2D eigenvalue weighted by atomic mass is 9.97. The lowest BCUT2D eigenvalue weighted by Gasteiger charge is -2.30. The molecule has 6 heteroatoms. The Bertz CT molecular complexity index is 1090. The summed E-state index contributed by atoms with van der Waals surface area (Å²) in [5, 5.41) is 6.86. The van der Waals surface area contributed by atoms with Gasteiger partial charge >= 0.3 is 0 Å². The molecule has 0 saturated carbocycles. The van der Waals surface area contributed by atoms with E-state index in [1.807, 2.05) is 19.2 Å². The molecule has 2 aromatic carbocycles. The van der Waals surface area contributed by atoms with E-state index in [-0.39, 0.29) is 6.04 Å². The zero-order chi connectivity index (χ0) is 21.9. The normalized spacial score (nSPS) is 18.4. The summed E-state index contributed by atoms with van der Waals surface area (Å²) in [6, 6.07) is 17.2. The number of nitrogens with zero attached hydrogens (tertiary/aromatic N) is 3. The molecule has 166 valence electrons. The first-order valence-corrected chi connectivity index (χ1v) is 11.5. The van der Waals surface area contributed by atoms with E-state index in [0.717, 1.165) is 67.7 Å². The number of para-hydroxylation sites is 1. The van der Waals surface area contributed by atoms with Gasteiger partial charge in [-0.2, -0.15) is 0 Å². The molecule has 2 aliphatic heterocycles. The van der Waals surface area contributed by atoms with Crippen molar-refractivity contribution in [3.63, 3.8) is 0 Å². The lowest BCUT2D eigenvalue weighted by Crippen LogP contribution is -2.32. The van der Waals surface area contributed by atoms with Gasteiger partial charge in [-0.3, -0.25) is 4.90 Å². The van der Waals surface area contributed by atoms with Gasteiger partial charge in [0, 0.05) is 37.8 Å². The second kappa shape index (κ2) is 9.27.